The predicted molar refractivity (Wildman–Crippen MR) is 123 cm³/mol. The molecule has 0 saturated carbocycles. The van der Waals surface area contributed by atoms with Gasteiger partial charge in [0, 0.05) is 25.2 Å². The molecule has 0 radical (unpaired) electrons. The number of ether oxygens (including phenoxy) is 2. The Morgan fingerprint density at radius 3 is 2.72 bits per heavy atom. The molecule has 1 aliphatic heterocycles. The van der Waals surface area contributed by atoms with Gasteiger partial charge in [0.25, 0.3) is 0 Å². The van der Waals surface area contributed by atoms with Gasteiger partial charge in [0.15, 0.2) is 0 Å². The molecule has 1 saturated heterocycles. The van der Waals surface area contributed by atoms with Crippen LogP contribution >= 0.6 is 0 Å². The first-order valence-electron chi connectivity index (χ1n) is 11.0. The van der Waals surface area contributed by atoms with Crippen molar-refractivity contribution in [3.63, 3.8) is 0 Å². The van der Waals surface area contributed by atoms with Crippen LogP contribution in [0.2, 0.25) is 0 Å². The lowest BCUT2D eigenvalue weighted by Gasteiger charge is -2.32. The van der Waals surface area contributed by atoms with E-state index < -0.39 is 0 Å². The van der Waals surface area contributed by atoms with Crippen LogP contribution in [0.4, 0.5) is 0 Å². The van der Waals surface area contributed by atoms with E-state index in [1.165, 1.54) is 5.52 Å². The molecular weight excluding hydrogens is 402 g/mol. The van der Waals surface area contributed by atoms with E-state index in [9.17, 15) is 0 Å². The van der Waals surface area contributed by atoms with Crippen molar-refractivity contribution < 1.29 is 9.47 Å². The first kappa shape index (κ1) is 20.6. The zero-order valence-electron chi connectivity index (χ0n) is 18.4. The molecule has 7 nitrogen and oxygen atoms in total. The Morgan fingerprint density at radius 1 is 1.06 bits per heavy atom. The molecule has 5 rings (SSSR count). The normalized spacial score (nSPS) is 17.0. The van der Waals surface area contributed by atoms with E-state index >= 15 is 0 Å². The summed E-state index contributed by atoms with van der Waals surface area (Å²) < 4.78 is 13.6. The molecule has 0 amide bonds. The largest absolute Gasteiger partial charge is 0.497 e. The summed E-state index contributed by atoms with van der Waals surface area (Å²) in [6.07, 6.45) is 3.48. The van der Waals surface area contributed by atoms with Crippen LogP contribution in [0.1, 0.15) is 24.5 Å². The molecule has 2 aromatic carbocycles. The van der Waals surface area contributed by atoms with Crippen LogP contribution in [-0.4, -0.2) is 51.2 Å². The molecule has 0 N–H and O–H groups in total. The van der Waals surface area contributed by atoms with Crippen molar-refractivity contribution >= 4 is 11.0 Å². The van der Waals surface area contributed by atoms with Gasteiger partial charge in [0.05, 0.1) is 55.1 Å². The number of benzene rings is 2. The molecular formula is C25H27N5O2. The number of imidazole rings is 1. The molecule has 1 atom stereocenters. The lowest BCUT2D eigenvalue weighted by Crippen LogP contribution is -2.38. The molecule has 0 aliphatic carbocycles. The van der Waals surface area contributed by atoms with Gasteiger partial charge in [-0.25, -0.2) is 9.97 Å². The van der Waals surface area contributed by atoms with E-state index in [0.717, 1.165) is 60.2 Å². The minimum atomic E-state index is -0.117. The molecule has 1 aliphatic rings. The fourth-order valence-electron chi connectivity index (χ4n) is 4.26. The Morgan fingerprint density at radius 2 is 1.91 bits per heavy atom. The standard InChI is InChI=1S/C25H27N5O2/c1-3-30-23-7-5-4-6-20(23)28-25(30)17-29-12-13-32-24(16-29)22-15-26-14-21(27-22)18-8-10-19(31-2)11-9-18/h4-11,14-15,24H,3,12-13,16-17H2,1-2H3. The van der Waals surface area contributed by atoms with Gasteiger partial charge in [-0.15, -0.1) is 0 Å². The first-order valence-corrected chi connectivity index (χ1v) is 11.0. The summed E-state index contributed by atoms with van der Waals surface area (Å²) in [5, 5.41) is 0. The van der Waals surface area contributed by atoms with Crippen LogP contribution in [0, 0.1) is 0 Å². The average Bonchev–Trinajstić information content (AvgIpc) is 3.21. The minimum Gasteiger partial charge on any atom is -0.497 e. The maximum absolute atomic E-state index is 6.08. The molecule has 164 valence electrons. The SMILES string of the molecule is CCn1c(CN2CCOC(c3cncc(-c4ccc(OC)cc4)n3)C2)nc2ccccc21. The second kappa shape index (κ2) is 9.06. The number of morpholine rings is 1. The zero-order valence-corrected chi connectivity index (χ0v) is 18.4. The van der Waals surface area contributed by atoms with Gasteiger partial charge < -0.3 is 14.0 Å². The number of methoxy groups -OCH3 is 1. The van der Waals surface area contributed by atoms with Crippen LogP contribution < -0.4 is 4.74 Å². The van der Waals surface area contributed by atoms with Crippen molar-refractivity contribution in [2.24, 2.45) is 0 Å². The lowest BCUT2D eigenvalue weighted by atomic mass is 10.1. The molecule has 32 heavy (non-hydrogen) atoms. The smallest absolute Gasteiger partial charge is 0.124 e. The number of hydrogen-bond donors (Lipinski definition) is 0. The molecule has 1 fully saturated rings. The summed E-state index contributed by atoms with van der Waals surface area (Å²) in [7, 11) is 1.66. The van der Waals surface area contributed by atoms with E-state index in [0.29, 0.717) is 6.61 Å². The van der Waals surface area contributed by atoms with E-state index in [1.807, 2.05) is 36.5 Å². The van der Waals surface area contributed by atoms with Gasteiger partial charge in [-0.2, -0.15) is 0 Å². The van der Waals surface area contributed by atoms with Crippen molar-refractivity contribution in [2.45, 2.75) is 26.1 Å². The number of fused-ring (bicyclic) bond motifs is 1. The van der Waals surface area contributed by atoms with Crippen LogP contribution in [0.25, 0.3) is 22.3 Å². The fraction of sp³-hybridized carbons (Fsp3) is 0.320. The first-order chi connectivity index (χ1) is 15.7. The quantitative estimate of drug-likeness (QED) is 0.460. The number of aryl methyl sites for hydroxylation is 1. The highest BCUT2D eigenvalue weighted by Crippen LogP contribution is 2.26. The summed E-state index contributed by atoms with van der Waals surface area (Å²) in [6, 6.07) is 16.2. The Bertz CT molecular complexity index is 1200. The van der Waals surface area contributed by atoms with Crippen molar-refractivity contribution in [1.29, 1.82) is 0 Å². The Labute approximate surface area is 187 Å². The van der Waals surface area contributed by atoms with Crippen LogP contribution in [0.3, 0.4) is 0 Å². The van der Waals surface area contributed by atoms with Crippen molar-refractivity contribution in [1.82, 2.24) is 24.4 Å². The number of nitrogens with zero attached hydrogens (tertiary/aromatic N) is 5. The summed E-state index contributed by atoms with van der Waals surface area (Å²) in [4.78, 5) is 16.6. The van der Waals surface area contributed by atoms with Crippen molar-refractivity contribution in [3.05, 3.63) is 72.4 Å². The number of aromatic nitrogens is 4. The third kappa shape index (κ3) is 4.09. The van der Waals surface area contributed by atoms with Gasteiger partial charge in [0.1, 0.15) is 17.7 Å². The van der Waals surface area contributed by atoms with Gasteiger partial charge >= 0.3 is 0 Å². The lowest BCUT2D eigenvalue weighted by molar-refractivity contribution is -0.0360. The third-order valence-corrected chi connectivity index (χ3v) is 5.93. The van der Waals surface area contributed by atoms with Gasteiger partial charge in [-0.1, -0.05) is 12.1 Å². The maximum atomic E-state index is 6.08. The Balaban J connectivity index is 1.34. The summed E-state index contributed by atoms with van der Waals surface area (Å²) in [5.41, 5.74) is 4.93. The van der Waals surface area contributed by atoms with Crippen molar-refractivity contribution in [2.75, 3.05) is 26.8 Å². The highest BCUT2D eigenvalue weighted by atomic mass is 16.5. The highest BCUT2D eigenvalue weighted by Gasteiger charge is 2.25. The fourth-order valence-corrected chi connectivity index (χ4v) is 4.26. The summed E-state index contributed by atoms with van der Waals surface area (Å²) in [5.74, 6) is 1.91. The van der Waals surface area contributed by atoms with E-state index in [4.69, 9.17) is 19.4 Å². The second-order valence-corrected chi connectivity index (χ2v) is 7.91. The van der Waals surface area contributed by atoms with E-state index in [-0.39, 0.29) is 6.10 Å². The summed E-state index contributed by atoms with van der Waals surface area (Å²) in [6.45, 7) is 6.14. The van der Waals surface area contributed by atoms with E-state index in [1.54, 1.807) is 13.3 Å². The Hall–Kier alpha value is -3.29. The number of rotatable bonds is 6. The highest BCUT2D eigenvalue weighted by molar-refractivity contribution is 5.75. The molecule has 0 bridgehead atoms. The molecule has 0 spiro atoms. The third-order valence-electron chi connectivity index (χ3n) is 5.93. The maximum Gasteiger partial charge on any atom is 0.124 e. The van der Waals surface area contributed by atoms with E-state index in [2.05, 4.69) is 39.6 Å². The molecule has 4 aromatic rings. The summed E-state index contributed by atoms with van der Waals surface area (Å²) >= 11 is 0. The van der Waals surface area contributed by atoms with Crippen LogP contribution in [-0.2, 0) is 17.8 Å². The average molecular weight is 430 g/mol. The monoisotopic (exact) mass is 429 g/mol. The Kier molecular flexibility index (Phi) is 5.83. The predicted octanol–water partition coefficient (Wildman–Crippen LogP) is 4.10. The zero-order chi connectivity index (χ0) is 21.9. The topological polar surface area (TPSA) is 65.3 Å². The molecule has 2 aromatic heterocycles. The van der Waals surface area contributed by atoms with Gasteiger partial charge in [-0.05, 0) is 43.3 Å². The molecule has 1 unspecified atom stereocenters. The second-order valence-electron chi connectivity index (χ2n) is 7.91. The van der Waals surface area contributed by atoms with Gasteiger partial charge in [-0.3, -0.25) is 9.88 Å². The van der Waals surface area contributed by atoms with Crippen LogP contribution in [0.5, 0.6) is 5.75 Å². The van der Waals surface area contributed by atoms with Gasteiger partial charge in [0.2, 0.25) is 0 Å². The number of para-hydroxylation sites is 2. The minimum absolute atomic E-state index is 0.117. The molecule has 7 heteroatoms. The van der Waals surface area contributed by atoms with Crippen molar-refractivity contribution in [3.8, 4) is 17.0 Å². The number of hydrogen-bond acceptors (Lipinski definition) is 6. The molecule has 3 heterocycles. The van der Waals surface area contributed by atoms with Crippen LogP contribution in [0.15, 0.2) is 60.9 Å².